The predicted octanol–water partition coefficient (Wildman–Crippen LogP) is 3.52. The molecule has 1 aromatic heterocycles. The molecule has 0 amide bonds. The topological polar surface area (TPSA) is 48.4 Å². The summed E-state index contributed by atoms with van der Waals surface area (Å²) in [5.74, 6) is -3.83. The third-order valence-electron chi connectivity index (χ3n) is 2.15. The van der Waals surface area contributed by atoms with Gasteiger partial charge in [0.25, 0.3) is 0 Å². The first-order valence-electron chi connectivity index (χ1n) is 5.00. The Morgan fingerprint density at radius 3 is 2.24 bits per heavy atom. The Balaban J connectivity index is 3.65. The van der Waals surface area contributed by atoms with E-state index in [4.69, 9.17) is 11.6 Å². The average Bonchev–Trinajstić information content (AvgIpc) is 2.33. The van der Waals surface area contributed by atoms with E-state index in [1.54, 1.807) is 0 Å². The molecule has 118 valence electrons. The number of nitrogens with zero attached hydrogens (tertiary/aromatic N) is 1. The Morgan fingerprint density at radius 1 is 1.29 bits per heavy atom. The van der Waals surface area contributed by atoms with Crippen LogP contribution < -0.4 is 4.74 Å². The zero-order chi connectivity index (χ0) is 16.4. The molecule has 1 rings (SSSR count). The van der Waals surface area contributed by atoms with Crippen LogP contribution in [0.3, 0.4) is 0 Å². The Bertz CT molecular complexity index is 543. The minimum Gasteiger partial charge on any atom is -0.465 e. The van der Waals surface area contributed by atoms with Crippen molar-refractivity contribution in [3.05, 3.63) is 23.0 Å². The van der Waals surface area contributed by atoms with E-state index < -0.39 is 47.0 Å². The highest BCUT2D eigenvalue weighted by Crippen LogP contribution is 2.41. The van der Waals surface area contributed by atoms with Crippen LogP contribution in [0, 0.1) is 0 Å². The van der Waals surface area contributed by atoms with Gasteiger partial charge in [0.1, 0.15) is 5.56 Å². The molecule has 0 N–H and O–H groups in total. The molecule has 1 aromatic rings. The van der Waals surface area contributed by atoms with Gasteiger partial charge >= 0.3 is 18.5 Å². The van der Waals surface area contributed by atoms with Gasteiger partial charge in [-0.3, -0.25) is 4.98 Å². The fraction of sp³-hybridized carbons (Fsp3) is 0.400. The number of halogens is 7. The van der Waals surface area contributed by atoms with Crippen LogP contribution in [0.4, 0.5) is 26.3 Å². The SMILES string of the molecule is COC(=O)c1c(CCl)ncc(OC(F)(F)F)c1C(F)(F)F. The number of carbonyl (C=O) groups excluding carboxylic acids is 1. The Hall–Kier alpha value is -1.71. The molecule has 0 saturated heterocycles. The first kappa shape index (κ1) is 17.3. The van der Waals surface area contributed by atoms with Crippen molar-refractivity contribution in [2.24, 2.45) is 0 Å². The van der Waals surface area contributed by atoms with Gasteiger partial charge in [-0.15, -0.1) is 24.8 Å². The first-order chi connectivity index (χ1) is 9.51. The highest BCUT2D eigenvalue weighted by atomic mass is 35.5. The Kier molecular flexibility index (Phi) is 4.92. The zero-order valence-corrected chi connectivity index (χ0v) is 10.9. The summed E-state index contributed by atoms with van der Waals surface area (Å²) in [6.45, 7) is 0. The molecule has 0 aromatic carbocycles. The highest BCUT2D eigenvalue weighted by Gasteiger charge is 2.44. The van der Waals surface area contributed by atoms with Crippen LogP contribution in [0.5, 0.6) is 5.75 Å². The number of methoxy groups -OCH3 is 1. The van der Waals surface area contributed by atoms with Crippen molar-refractivity contribution in [2.45, 2.75) is 18.4 Å². The molecule has 0 bridgehead atoms. The van der Waals surface area contributed by atoms with Crippen molar-refractivity contribution in [1.29, 1.82) is 0 Å². The lowest BCUT2D eigenvalue weighted by atomic mass is 10.1. The summed E-state index contributed by atoms with van der Waals surface area (Å²) in [5, 5.41) is 0. The summed E-state index contributed by atoms with van der Waals surface area (Å²) in [6.07, 6.45) is -10.5. The lowest BCUT2D eigenvalue weighted by molar-refractivity contribution is -0.276. The second-order valence-corrected chi connectivity index (χ2v) is 3.76. The molecule has 0 saturated carbocycles. The van der Waals surface area contributed by atoms with Gasteiger partial charge in [-0.05, 0) is 0 Å². The number of aromatic nitrogens is 1. The van der Waals surface area contributed by atoms with Crippen molar-refractivity contribution in [2.75, 3.05) is 7.11 Å². The Morgan fingerprint density at radius 2 is 1.86 bits per heavy atom. The number of ether oxygens (including phenoxy) is 2. The van der Waals surface area contributed by atoms with Gasteiger partial charge in [-0.25, -0.2) is 4.79 Å². The monoisotopic (exact) mass is 337 g/mol. The van der Waals surface area contributed by atoms with E-state index in [1.165, 1.54) is 0 Å². The third-order valence-corrected chi connectivity index (χ3v) is 2.40. The van der Waals surface area contributed by atoms with E-state index in [0.29, 0.717) is 0 Å². The van der Waals surface area contributed by atoms with E-state index in [0.717, 1.165) is 7.11 Å². The number of hydrogen-bond acceptors (Lipinski definition) is 4. The van der Waals surface area contributed by atoms with Gasteiger partial charge in [-0.1, -0.05) is 0 Å². The van der Waals surface area contributed by atoms with Gasteiger partial charge in [0, 0.05) is 0 Å². The Labute approximate surface area is 118 Å². The molecular formula is C10H6ClF6NO3. The first-order valence-corrected chi connectivity index (χ1v) is 5.53. The molecule has 0 aliphatic heterocycles. The molecule has 0 unspecified atom stereocenters. The number of esters is 1. The summed E-state index contributed by atoms with van der Waals surface area (Å²) < 4.78 is 82.7. The van der Waals surface area contributed by atoms with E-state index in [-0.39, 0.29) is 6.20 Å². The molecule has 0 atom stereocenters. The van der Waals surface area contributed by atoms with Gasteiger partial charge in [0.15, 0.2) is 5.75 Å². The third kappa shape index (κ3) is 4.13. The summed E-state index contributed by atoms with van der Waals surface area (Å²) >= 11 is 5.34. The minimum absolute atomic E-state index is 0.195. The van der Waals surface area contributed by atoms with Crippen LogP contribution in [0.15, 0.2) is 6.20 Å². The number of rotatable bonds is 3. The van der Waals surface area contributed by atoms with Gasteiger partial charge < -0.3 is 9.47 Å². The van der Waals surface area contributed by atoms with Crippen LogP contribution in [0.1, 0.15) is 21.6 Å². The van der Waals surface area contributed by atoms with Crippen molar-refractivity contribution in [3.8, 4) is 5.75 Å². The lowest BCUT2D eigenvalue weighted by Crippen LogP contribution is -2.24. The van der Waals surface area contributed by atoms with Crippen molar-refractivity contribution >= 4 is 17.6 Å². The van der Waals surface area contributed by atoms with E-state index >= 15 is 0 Å². The minimum atomic E-state index is -5.39. The second kappa shape index (κ2) is 5.96. The van der Waals surface area contributed by atoms with Crippen molar-refractivity contribution < 1.29 is 40.6 Å². The van der Waals surface area contributed by atoms with E-state index in [9.17, 15) is 31.1 Å². The molecule has 0 aliphatic rings. The molecular weight excluding hydrogens is 332 g/mol. The molecule has 0 spiro atoms. The second-order valence-electron chi connectivity index (χ2n) is 3.49. The lowest BCUT2D eigenvalue weighted by Gasteiger charge is -2.18. The maximum atomic E-state index is 13.0. The van der Waals surface area contributed by atoms with Crippen LogP contribution in [0.2, 0.25) is 0 Å². The predicted molar refractivity (Wildman–Crippen MR) is 56.8 cm³/mol. The fourth-order valence-electron chi connectivity index (χ4n) is 1.44. The van der Waals surface area contributed by atoms with Crippen molar-refractivity contribution in [1.82, 2.24) is 4.98 Å². The number of pyridine rings is 1. The summed E-state index contributed by atoms with van der Waals surface area (Å²) in [5.41, 5.74) is -3.75. The highest BCUT2D eigenvalue weighted by molar-refractivity contribution is 6.17. The van der Waals surface area contributed by atoms with Crippen LogP contribution in [-0.2, 0) is 16.8 Å². The van der Waals surface area contributed by atoms with Crippen LogP contribution >= 0.6 is 11.6 Å². The maximum absolute atomic E-state index is 13.0. The molecule has 21 heavy (non-hydrogen) atoms. The van der Waals surface area contributed by atoms with Gasteiger partial charge in [0.2, 0.25) is 0 Å². The summed E-state index contributed by atoms with van der Waals surface area (Å²) in [4.78, 5) is 14.7. The number of hydrogen-bond donors (Lipinski definition) is 0. The number of alkyl halides is 7. The molecule has 11 heteroatoms. The van der Waals surface area contributed by atoms with Crippen molar-refractivity contribution in [3.63, 3.8) is 0 Å². The maximum Gasteiger partial charge on any atom is 0.573 e. The van der Waals surface area contributed by atoms with Crippen LogP contribution in [0.25, 0.3) is 0 Å². The van der Waals surface area contributed by atoms with Gasteiger partial charge in [-0.2, -0.15) is 13.2 Å². The van der Waals surface area contributed by atoms with Crippen LogP contribution in [-0.4, -0.2) is 24.4 Å². The summed E-state index contributed by atoms with van der Waals surface area (Å²) in [7, 11) is 0.762. The normalized spacial score (nSPS) is 12.2. The fourth-order valence-corrected chi connectivity index (χ4v) is 1.64. The largest absolute Gasteiger partial charge is 0.573 e. The smallest absolute Gasteiger partial charge is 0.465 e. The standard InChI is InChI=1S/C10H6ClF6NO3/c1-20-8(19)6-4(2-11)18-3-5(21-10(15,16)17)7(6)9(12,13)14/h3H,2H2,1H3. The molecule has 1 heterocycles. The molecule has 0 fully saturated rings. The van der Waals surface area contributed by atoms with E-state index in [2.05, 4.69) is 14.5 Å². The quantitative estimate of drug-likeness (QED) is 0.481. The van der Waals surface area contributed by atoms with E-state index in [1.807, 2.05) is 0 Å². The molecule has 4 nitrogen and oxygen atoms in total. The average molecular weight is 338 g/mol. The number of carbonyl (C=O) groups is 1. The van der Waals surface area contributed by atoms with Gasteiger partial charge in [0.05, 0.1) is 30.4 Å². The molecule has 0 aliphatic carbocycles. The summed E-state index contributed by atoms with van der Waals surface area (Å²) in [6, 6.07) is 0. The molecule has 0 radical (unpaired) electrons. The zero-order valence-electron chi connectivity index (χ0n) is 10.1.